The maximum absolute atomic E-state index is 13.2. The Hall–Kier alpha value is -3.00. The van der Waals surface area contributed by atoms with Crippen LogP contribution in [0.1, 0.15) is 30.6 Å². The fourth-order valence-corrected chi connectivity index (χ4v) is 3.89. The van der Waals surface area contributed by atoms with E-state index in [1.807, 2.05) is 42.5 Å². The van der Waals surface area contributed by atoms with Gasteiger partial charge in [-0.25, -0.2) is 9.89 Å². The third kappa shape index (κ3) is 5.29. The number of ether oxygens (including phenoxy) is 1. The number of methoxy groups -OCH3 is 1. The molecule has 0 bridgehead atoms. The summed E-state index contributed by atoms with van der Waals surface area (Å²) < 4.78 is 6.81. The lowest BCUT2D eigenvalue weighted by atomic mass is 10.1. The van der Waals surface area contributed by atoms with Crippen LogP contribution >= 0.6 is 11.8 Å². The molecule has 1 unspecified atom stereocenters. The smallest absolute Gasteiger partial charge is 0.343 e. The van der Waals surface area contributed by atoms with E-state index in [1.54, 1.807) is 23.8 Å². The maximum Gasteiger partial charge on any atom is 0.343 e. The Balaban J connectivity index is 1.88. The molecule has 3 rings (SSSR count). The molecule has 152 valence electrons. The van der Waals surface area contributed by atoms with Crippen LogP contribution in [0.5, 0.6) is 5.75 Å². The average molecular weight is 413 g/mol. The van der Waals surface area contributed by atoms with Crippen LogP contribution < -0.4 is 15.7 Å². The van der Waals surface area contributed by atoms with Gasteiger partial charge in [-0.15, -0.1) is 5.10 Å². The number of carbonyl (C=O) groups is 1. The standard InChI is InChI=1S/C21H24N4O3S/c1-3-4-13-25-20(27)23-24-21(25)29-18(15-9-6-5-7-10-15)19(26)22-16-11-8-12-17(14-16)28-2/h5-12,14,18H,3-4,13H2,1-2H3,(H,22,26)(H,23,27). The van der Waals surface area contributed by atoms with Gasteiger partial charge in [-0.1, -0.05) is 61.5 Å². The zero-order valence-corrected chi connectivity index (χ0v) is 17.2. The highest BCUT2D eigenvalue weighted by Gasteiger charge is 2.25. The number of rotatable bonds is 9. The Kier molecular flexibility index (Phi) is 7.13. The number of unbranched alkanes of at least 4 members (excludes halogenated alkanes) is 1. The number of amides is 1. The molecule has 7 nitrogen and oxygen atoms in total. The van der Waals surface area contributed by atoms with Gasteiger partial charge in [0, 0.05) is 18.3 Å². The highest BCUT2D eigenvalue weighted by atomic mass is 32.2. The van der Waals surface area contributed by atoms with Crippen molar-refractivity contribution in [3.8, 4) is 5.75 Å². The minimum Gasteiger partial charge on any atom is -0.497 e. The molecule has 0 aliphatic carbocycles. The van der Waals surface area contributed by atoms with Gasteiger partial charge in [0.2, 0.25) is 5.91 Å². The molecule has 0 radical (unpaired) electrons. The molecule has 1 aromatic heterocycles. The quantitative estimate of drug-likeness (QED) is 0.521. The summed E-state index contributed by atoms with van der Waals surface area (Å²) in [6, 6.07) is 16.7. The SMILES string of the molecule is CCCCn1c(SC(C(=O)Nc2cccc(OC)c2)c2ccccc2)n[nH]c1=O. The monoisotopic (exact) mass is 412 g/mol. The van der Waals surface area contributed by atoms with Gasteiger partial charge in [0.05, 0.1) is 7.11 Å². The van der Waals surface area contributed by atoms with Gasteiger partial charge >= 0.3 is 5.69 Å². The lowest BCUT2D eigenvalue weighted by molar-refractivity contribution is -0.115. The number of benzene rings is 2. The number of H-pyrrole nitrogens is 1. The van der Waals surface area contributed by atoms with Gasteiger partial charge in [0.15, 0.2) is 5.16 Å². The first-order valence-corrected chi connectivity index (χ1v) is 10.3. The maximum atomic E-state index is 13.2. The van der Waals surface area contributed by atoms with Crippen LogP contribution in [0.2, 0.25) is 0 Å². The van der Waals surface area contributed by atoms with Crippen LogP contribution in [-0.2, 0) is 11.3 Å². The number of nitrogens with one attached hydrogen (secondary N) is 2. The zero-order chi connectivity index (χ0) is 20.6. The topological polar surface area (TPSA) is 89.0 Å². The number of aromatic amines is 1. The van der Waals surface area contributed by atoms with Crippen LogP contribution in [0.3, 0.4) is 0 Å². The number of hydrogen-bond donors (Lipinski definition) is 2. The minimum absolute atomic E-state index is 0.202. The average Bonchev–Trinajstić information content (AvgIpc) is 3.10. The van der Waals surface area contributed by atoms with Crippen molar-refractivity contribution in [3.63, 3.8) is 0 Å². The van der Waals surface area contributed by atoms with E-state index in [1.165, 1.54) is 11.8 Å². The van der Waals surface area contributed by atoms with Gasteiger partial charge in [0.1, 0.15) is 11.0 Å². The fraction of sp³-hybridized carbons (Fsp3) is 0.286. The van der Waals surface area contributed by atoms with Crippen molar-refractivity contribution in [3.05, 3.63) is 70.6 Å². The third-order valence-corrected chi connectivity index (χ3v) is 5.60. The molecule has 2 aromatic carbocycles. The molecule has 1 heterocycles. The van der Waals surface area contributed by atoms with Crippen molar-refractivity contribution in [2.45, 2.75) is 36.7 Å². The van der Waals surface area contributed by atoms with Crippen molar-refractivity contribution in [2.24, 2.45) is 0 Å². The van der Waals surface area contributed by atoms with Crippen LogP contribution in [0, 0.1) is 0 Å². The van der Waals surface area contributed by atoms with Crippen LogP contribution in [0.25, 0.3) is 0 Å². The third-order valence-electron chi connectivity index (χ3n) is 4.36. The molecular formula is C21H24N4O3S. The predicted octanol–water partition coefficient (Wildman–Crippen LogP) is 3.85. The van der Waals surface area contributed by atoms with E-state index in [4.69, 9.17) is 4.74 Å². The second kappa shape index (κ2) is 9.97. The molecule has 8 heteroatoms. The molecule has 0 saturated carbocycles. The lowest BCUT2D eigenvalue weighted by Crippen LogP contribution is -2.21. The van der Waals surface area contributed by atoms with Crippen molar-refractivity contribution < 1.29 is 9.53 Å². The largest absolute Gasteiger partial charge is 0.497 e. The van der Waals surface area contributed by atoms with Crippen molar-refractivity contribution >= 4 is 23.4 Å². The van der Waals surface area contributed by atoms with E-state index in [9.17, 15) is 9.59 Å². The molecule has 0 saturated heterocycles. The normalized spacial score (nSPS) is 11.8. The Labute approximate surface area is 173 Å². The number of thioether (sulfide) groups is 1. The second-order valence-electron chi connectivity index (χ2n) is 6.45. The molecule has 1 atom stereocenters. The van der Waals surface area contributed by atoms with Gasteiger partial charge in [-0.2, -0.15) is 0 Å². The number of nitrogens with zero attached hydrogens (tertiary/aromatic N) is 2. The minimum atomic E-state index is -0.571. The summed E-state index contributed by atoms with van der Waals surface area (Å²) in [5.74, 6) is 0.458. The van der Waals surface area contributed by atoms with Gasteiger partial charge in [-0.05, 0) is 24.1 Å². The Morgan fingerprint density at radius 3 is 2.76 bits per heavy atom. The van der Waals surface area contributed by atoms with E-state index >= 15 is 0 Å². The molecule has 0 spiro atoms. The van der Waals surface area contributed by atoms with Crippen molar-refractivity contribution in [1.82, 2.24) is 14.8 Å². The Morgan fingerprint density at radius 2 is 2.03 bits per heavy atom. The molecule has 0 fully saturated rings. The molecule has 29 heavy (non-hydrogen) atoms. The Morgan fingerprint density at radius 1 is 1.24 bits per heavy atom. The number of anilines is 1. The summed E-state index contributed by atoms with van der Waals surface area (Å²) in [6.45, 7) is 2.62. The van der Waals surface area contributed by atoms with E-state index < -0.39 is 5.25 Å². The zero-order valence-electron chi connectivity index (χ0n) is 16.4. The summed E-state index contributed by atoms with van der Waals surface area (Å²) in [7, 11) is 1.58. The molecular weight excluding hydrogens is 388 g/mol. The summed E-state index contributed by atoms with van der Waals surface area (Å²) in [4.78, 5) is 25.3. The molecule has 0 aliphatic heterocycles. The molecule has 0 aliphatic rings. The molecule has 3 aromatic rings. The van der Waals surface area contributed by atoms with E-state index in [0.29, 0.717) is 23.1 Å². The number of hydrogen-bond acceptors (Lipinski definition) is 5. The first kappa shape index (κ1) is 20.7. The lowest BCUT2D eigenvalue weighted by Gasteiger charge is -2.17. The highest BCUT2D eigenvalue weighted by Crippen LogP contribution is 2.35. The van der Waals surface area contributed by atoms with Gasteiger partial charge in [-0.3, -0.25) is 9.36 Å². The van der Waals surface area contributed by atoms with Crippen LogP contribution in [-0.4, -0.2) is 27.8 Å². The summed E-state index contributed by atoms with van der Waals surface area (Å²) in [5.41, 5.74) is 1.21. The Bertz CT molecular complexity index is 1000. The number of aromatic nitrogens is 3. The second-order valence-corrected chi connectivity index (χ2v) is 7.52. The molecule has 1 amide bonds. The van der Waals surface area contributed by atoms with Crippen molar-refractivity contribution in [1.29, 1.82) is 0 Å². The highest BCUT2D eigenvalue weighted by molar-refractivity contribution is 8.00. The van der Waals surface area contributed by atoms with Crippen molar-refractivity contribution in [2.75, 3.05) is 12.4 Å². The van der Waals surface area contributed by atoms with E-state index in [0.717, 1.165) is 18.4 Å². The van der Waals surface area contributed by atoms with Crippen LogP contribution in [0.4, 0.5) is 5.69 Å². The first-order chi connectivity index (χ1) is 14.1. The van der Waals surface area contributed by atoms with E-state index in [-0.39, 0.29) is 11.6 Å². The summed E-state index contributed by atoms with van der Waals surface area (Å²) in [5, 5.41) is 9.50. The first-order valence-electron chi connectivity index (χ1n) is 9.44. The summed E-state index contributed by atoms with van der Waals surface area (Å²) in [6.07, 6.45) is 1.82. The number of carbonyl (C=O) groups excluding carboxylic acids is 1. The van der Waals surface area contributed by atoms with Crippen LogP contribution in [0.15, 0.2) is 64.5 Å². The summed E-state index contributed by atoms with van der Waals surface area (Å²) >= 11 is 1.25. The fourth-order valence-electron chi connectivity index (χ4n) is 2.82. The molecule has 2 N–H and O–H groups in total. The predicted molar refractivity (Wildman–Crippen MR) is 114 cm³/mol. The van der Waals surface area contributed by atoms with E-state index in [2.05, 4.69) is 22.4 Å². The van der Waals surface area contributed by atoms with Gasteiger partial charge < -0.3 is 10.1 Å². The van der Waals surface area contributed by atoms with Gasteiger partial charge in [0.25, 0.3) is 0 Å².